The second kappa shape index (κ2) is 5.13. The highest BCUT2D eigenvalue weighted by molar-refractivity contribution is 5.75. The van der Waals surface area contributed by atoms with Gasteiger partial charge in [0.05, 0.1) is 7.11 Å². The molecule has 0 heterocycles. The number of nitrogens with one attached hydrogen (secondary N) is 1. The van der Waals surface area contributed by atoms with E-state index in [1.54, 1.807) is 7.05 Å². The zero-order valence-corrected chi connectivity index (χ0v) is 7.68. The maximum Gasteiger partial charge on any atom is 0.323 e. The minimum atomic E-state index is -0.179. The van der Waals surface area contributed by atoms with Crippen LogP contribution in [-0.4, -0.2) is 26.2 Å². The first-order valence-corrected chi connectivity index (χ1v) is 3.92. The lowest BCUT2D eigenvalue weighted by Gasteiger charge is -2.19. The lowest BCUT2D eigenvalue weighted by atomic mass is 10.00. The Hall–Kier alpha value is -0.570. The van der Waals surface area contributed by atoms with Crippen LogP contribution in [0.5, 0.6) is 0 Å². The van der Waals surface area contributed by atoms with Crippen LogP contribution in [0, 0.1) is 5.92 Å². The summed E-state index contributed by atoms with van der Waals surface area (Å²) in [7, 11) is 3.18. The van der Waals surface area contributed by atoms with Crippen LogP contribution in [0.25, 0.3) is 0 Å². The molecule has 0 aromatic carbocycles. The lowest BCUT2D eigenvalue weighted by molar-refractivity contribution is -0.144. The molecule has 0 spiro atoms. The summed E-state index contributed by atoms with van der Waals surface area (Å²) in [5.74, 6) is 0.148. The minimum Gasteiger partial charge on any atom is -0.468 e. The Bertz CT molecular complexity index is 125. The van der Waals surface area contributed by atoms with E-state index in [-0.39, 0.29) is 12.0 Å². The number of carbonyl (C=O) groups excluding carboxylic acids is 1. The van der Waals surface area contributed by atoms with Gasteiger partial charge in [-0.05, 0) is 13.0 Å². The van der Waals surface area contributed by atoms with E-state index >= 15 is 0 Å². The Morgan fingerprint density at radius 2 is 2.18 bits per heavy atom. The fourth-order valence-electron chi connectivity index (χ4n) is 0.997. The number of ether oxygens (including phenoxy) is 1. The summed E-state index contributed by atoms with van der Waals surface area (Å²) in [6.45, 7) is 4.08. The average Bonchev–Trinajstić information content (AvgIpc) is 2.05. The van der Waals surface area contributed by atoms with Crippen molar-refractivity contribution >= 4 is 5.97 Å². The van der Waals surface area contributed by atoms with Gasteiger partial charge in [0.1, 0.15) is 6.04 Å². The molecule has 3 nitrogen and oxygen atoms in total. The van der Waals surface area contributed by atoms with Gasteiger partial charge < -0.3 is 10.1 Å². The van der Waals surface area contributed by atoms with Gasteiger partial charge in [-0.15, -0.1) is 0 Å². The number of hydrogen-bond donors (Lipinski definition) is 1. The third-order valence-electron chi connectivity index (χ3n) is 1.98. The normalized spacial score (nSPS) is 15.6. The van der Waals surface area contributed by atoms with Crippen LogP contribution >= 0.6 is 0 Å². The van der Waals surface area contributed by atoms with Crippen LogP contribution in [0.4, 0.5) is 0 Å². The molecular formula is C8H17NO2. The molecule has 0 aromatic rings. The third kappa shape index (κ3) is 2.89. The second-order valence-corrected chi connectivity index (χ2v) is 2.68. The highest BCUT2D eigenvalue weighted by Gasteiger charge is 2.22. The lowest BCUT2D eigenvalue weighted by Crippen LogP contribution is -2.40. The largest absolute Gasteiger partial charge is 0.468 e. The molecule has 3 heteroatoms. The van der Waals surface area contributed by atoms with Crippen LogP contribution in [-0.2, 0) is 9.53 Å². The first-order valence-electron chi connectivity index (χ1n) is 3.92. The van der Waals surface area contributed by atoms with E-state index in [1.807, 2.05) is 6.92 Å². The molecule has 0 bridgehead atoms. The fourth-order valence-corrected chi connectivity index (χ4v) is 0.997. The first-order chi connectivity index (χ1) is 5.17. The molecule has 0 unspecified atom stereocenters. The minimum absolute atomic E-state index is 0.162. The molecule has 0 amide bonds. The van der Waals surface area contributed by atoms with Gasteiger partial charge in [0.2, 0.25) is 0 Å². The third-order valence-corrected chi connectivity index (χ3v) is 1.98. The van der Waals surface area contributed by atoms with E-state index < -0.39 is 0 Å². The number of methoxy groups -OCH3 is 1. The molecule has 1 N–H and O–H groups in total. The number of hydrogen-bond acceptors (Lipinski definition) is 3. The number of likely N-dealkylation sites (N-methyl/N-ethyl adjacent to an activating group) is 1. The van der Waals surface area contributed by atoms with E-state index in [0.29, 0.717) is 5.92 Å². The van der Waals surface area contributed by atoms with Crippen molar-refractivity contribution in [2.75, 3.05) is 14.2 Å². The van der Waals surface area contributed by atoms with Crippen LogP contribution in [0.15, 0.2) is 0 Å². The SMILES string of the molecule is CC[C@H](C)[C@@H](NC)C(=O)OC. The van der Waals surface area contributed by atoms with Gasteiger partial charge >= 0.3 is 5.97 Å². The predicted molar refractivity (Wildman–Crippen MR) is 44.3 cm³/mol. The van der Waals surface area contributed by atoms with Gasteiger partial charge in [-0.2, -0.15) is 0 Å². The average molecular weight is 159 g/mol. The van der Waals surface area contributed by atoms with Crippen LogP contribution in [0.2, 0.25) is 0 Å². The Morgan fingerprint density at radius 3 is 2.45 bits per heavy atom. The van der Waals surface area contributed by atoms with Gasteiger partial charge in [-0.3, -0.25) is 4.79 Å². The monoisotopic (exact) mass is 159 g/mol. The number of carbonyl (C=O) groups is 1. The maximum atomic E-state index is 11.1. The van der Waals surface area contributed by atoms with Gasteiger partial charge in [-0.25, -0.2) is 0 Å². The van der Waals surface area contributed by atoms with E-state index in [9.17, 15) is 4.79 Å². The zero-order valence-electron chi connectivity index (χ0n) is 7.68. The standard InChI is InChI=1S/C8H17NO2/c1-5-6(2)7(9-3)8(10)11-4/h6-7,9H,5H2,1-4H3/t6-,7+/m0/s1. The molecule has 0 radical (unpaired) electrons. The van der Waals surface area contributed by atoms with E-state index in [2.05, 4.69) is 17.0 Å². The second-order valence-electron chi connectivity index (χ2n) is 2.68. The Morgan fingerprint density at radius 1 is 1.64 bits per heavy atom. The highest BCUT2D eigenvalue weighted by atomic mass is 16.5. The molecule has 0 aromatic heterocycles. The molecule has 0 rings (SSSR count). The molecule has 0 aliphatic rings. The quantitative estimate of drug-likeness (QED) is 0.616. The van der Waals surface area contributed by atoms with E-state index in [1.165, 1.54) is 7.11 Å². The Balaban J connectivity index is 4.03. The Kier molecular flexibility index (Phi) is 4.86. The van der Waals surface area contributed by atoms with Crippen molar-refractivity contribution in [3.63, 3.8) is 0 Å². The summed E-state index contributed by atoms with van der Waals surface area (Å²) < 4.78 is 4.62. The summed E-state index contributed by atoms with van der Waals surface area (Å²) >= 11 is 0. The molecule has 0 aliphatic heterocycles. The van der Waals surface area contributed by atoms with Crippen molar-refractivity contribution in [2.45, 2.75) is 26.3 Å². The van der Waals surface area contributed by atoms with Crippen LogP contribution < -0.4 is 5.32 Å². The Labute approximate surface area is 68.1 Å². The van der Waals surface area contributed by atoms with Crippen molar-refractivity contribution in [1.82, 2.24) is 5.32 Å². The smallest absolute Gasteiger partial charge is 0.323 e. The van der Waals surface area contributed by atoms with Gasteiger partial charge in [-0.1, -0.05) is 20.3 Å². The summed E-state index contributed by atoms with van der Waals surface area (Å²) in [4.78, 5) is 11.1. The van der Waals surface area contributed by atoms with Crippen molar-refractivity contribution < 1.29 is 9.53 Å². The van der Waals surface area contributed by atoms with Gasteiger partial charge in [0.25, 0.3) is 0 Å². The number of rotatable bonds is 4. The molecular weight excluding hydrogens is 142 g/mol. The summed E-state index contributed by atoms with van der Waals surface area (Å²) in [5, 5.41) is 2.93. The molecule has 11 heavy (non-hydrogen) atoms. The number of esters is 1. The summed E-state index contributed by atoms with van der Waals surface area (Å²) in [6, 6.07) is -0.162. The highest BCUT2D eigenvalue weighted by Crippen LogP contribution is 2.07. The fraction of sp³-hybridized carbons (Fsp3) is 0.875. The first kappa shape index (κ1) is 10.4. The summed E-state index contributed by atoms with van der Waals surface area (Å²) in [6.07, 6.45) is 0.973. The molecule has 0 saturated carbocycles. The predicted octanol–water partition coefficient (Wildman–Crippen LogP) is 0.793. The topological polar surface area (TPSA) is 38.3 Å². The summed E-state index contributed by atoms with van der Waals surface area (Å²) in [5.41, 5.74) is 0. The van der Waals surface area contributed by atoms with Crippen molar-refractivity contribution in [1.29, 1.82) is 0 Å². The molecule has 2 atom stereocenters. The van der Waals surface area contributed by atoms with Crippen molar-refractivity contribution in [2.24, 2.45) is 5.92 Å². The van der Waals surface area contributed by atoms with E-state index in [4.69, 9.17) is 0 Å². The molecule has 66 valence electrons. The van der Waals surface area contributed by atoms with Crippen molar-refractivity contribution in [3.8, 4) is 0 Å². The van der Waals surface area contributed by atoms with E-state index in [0.717, 1.165) is 6.42 Å². The van der Waals surface area contributed by atoms with Crippen LogP contribution in [0.3, 0.4) is 0 Å². The molecule has 0 saturated heterocycles. The van der Waals surface area contributed by atoms with Gasteiger partial charge in [0, 0.05) is 0 Å². The molecule has 0 fully saturated rings. The zero-order chi connectivity index (χ0) is 8.85. The van der Waals surface area contributed by atoms with Crippen molar-refractivity contribution in [3.05, 3.63) is 0 Å². The van der Waals surface area contributed by atoms with Gasteiger partial charge in [0.15, 0.2) is 0 Å². The molecule has 0 aliphatic carbocycles. The van der Waals surface area contributed by atoms with Crippen LogP contribution in [0.1, 0.15) is 20.3 Å². The maximum absolute atomic E-state index is 11.1.